The van der Waals surface area contributed by atoms with Crippen LogP contribution in [0.15, 0.2) is 18.2 Å². The van der Waals surface area contributed by atoms with Gasteiger partial charge < -0.3 is 20.5 Å². The lowest BCUT2D eigenvalue weighted by Crippen LogP contribution is -2.14. The van der Waals surface area contributed by atoms with Gasteiger partial charge in [0.05, 0.1) is 23.9 Å². The van der Waals surface area contributed by atoms with Crippen molar-refractivity contribution in [2.45, 2.75) is 19.3 Å². The fraction of sp³-hybridized carbons (Fsp3) is 0.533. The molecule has 1 aliphatic rings. The summed E-state index contributed by atoms with van der Waals surface area (Å²) in [6.07, 6.45) is 2.19. The van der Waals surface area contributed by atoms with E-state index in [2.05, 4.69) is 5.32 Å². The van der Waals surface area contributed by atoms with Crippen molar-refractivity contribution in [3.05, 3.63) is 23.2 Å². The number of rotatable bonds is 7. The number of nitrogens with one attached hydrogen (secondary N) is 1. The minimum absolute atomic E-state index is 0.0514. The third-order valence-electron chi connectivity index (χ3n) is 3.35. The molecule has 1 saturated heterocycles. The molecule has 1 fully saturated rings. The predicted octanol–water partition coefficient (Wildman–Crippen LogP) is 2.69. The summed E-state index contributed by atoms with van der Waals surface area (Å²) in [5, 5.41) is 3.27. The van der Waals surface area contributed by atoms with Crippen molar-refractivity contribution in [1.29, 1.82) is 0 Å². The largest absolute Gasteiger partial charge is 0.397 e. The second kappa shape index (κ2) is 8.22. The fourth-order valence-electron chi connectivity index (χ4n) is 2.14. The average Bonchev–Trinajstić information content (AvgIpc) is 2.96. The van der Waals surface area contributed by atoms with Crippen LogP contribution in [0.3, 0.4) is 0 Å². The van der Waals surface area contributed by atoms with Crippen molar-refractivity contribution in [3.63, 3.8) is 0 Å². The second-order valence-electron chi connectivity index (χ2n) is 5.19. The molecule has 6 heteroatoms. The van der Waals surface area contributed by atoms with Crippen molar-refractivity contribution in [2.24, 2.45) is 5.92 Å². The van der Waals surface area contributed by atoms with Gasteiger partial charge in [-0.25, -0.2) is 0 Å². The molecule has 0 aliphatic carbocycles. The number of halogens is 1. The smallest absolute Gasteiger partial charge is 0.224 e. The molecule has 1 aromatic rings. The van der Waals surface area contributed by atoms with Crippen molar-refractivity contribution >= 4 is 28.9 Å². The van der Waals surface area contributed by atoms with E-state index in [0.717, 1.165) is 26.2 Å². The number of ether oxygens (including phenoxy) is 2. The molecular weight excluding hydrogens is 292 g/mol. The molecule has 3 N–H and O–H groups in total. The Labute approximate surface area is 129 Å². The molecule has 0 aromatic heterocycles. The Bertz CT molecular complexity index is 476. The third-order valence-corrected chi connectivity index (χ3v) is 3.69. The Kier molecular flexibility index (Phi) is 6.29. The highest BCUT2D eigenvalue weighted by atomic mass is 35.5. The molecule has 1 heterocycles. The molecule has 1 aliphatic heterocycles. The van der Waals surface area contributed by atoms with Crippen LogP contribution >= 0.6 is 11.6 Å². The zero-order valence-corrected chi connectivity index (χ0v) is 12.7. The van der Waals surface area contributed by atoms with Crippen molar-refractivity contribution < 1.29 is 14.3 Å². The predicted molar refractivity (Wildman–Crippen MR) is 83.5 cm³/mol. The maximum absolute atomic E-state index is 11.8. The van der Waals surface area contributed by atoms with Crippen LogP contribution in [0.25, 0.3) is 0 Å². The van der Waals surface area contributed by atoms with Gasteiger partial charge in [-0.15, -0.1) is 0 Å². The number of carbonyl (C=O) groups is 1. The number of benzene rings is 1. The zero-order chi connectivity index (χ0) is 15.1. The standard InChI is InChI=1S/C15H21ClN2O3/c16-13-4-3-12(8-14(13)17)18-15(19)2-1-6-20-9-11-5-7-21-10-11/h3-4,8,11H,1-2,5-7,9-10,17H2,(H,18,19). The van der Waals surface area contributed by atoms with Gasteiger partial charge in [0.1, 0.15) is 0 Å². The van der Waals surface area contributed by atoms with Crippen LogP contribution in [0.4, 0.5) is 11.4 Å². The van der Waals surface area contributed by atoms with Crippen LogP contribution < -0.4 is 11.1 Å². The summed E-state index contributed by atoms with van der Waals surface area (Å²) in [6, 6.07) is 5.04. The van der Waals surface area contributed by atoms with E-state index in [1.807, 2.05) is 0 Å². The number of nitrogen functional groups attached to an aromatic ring is 1. The zero-order valence-electron chi connectivity index (χ0n) is 11.9. The first-order valence-electron chi connectivity index (χ1n) is 7.15. The van der Waals surface area contributed by atoms with E-state index < -0.39 is 0 Å². The third kappa shape index (κ3) is 5.53. The van der Waals surface area contributed by atoms with E-state index in [1.54, 1.807) is 18.2 Å². The number of hydrogen-bond donors (Lipinski definition) is 2. The quantitative estimate of drug-likeness (QED) is 0.599. The highest BCUT2D eigenvalue weighted by Gasteiger charge is 2.15. The van der Waals surface area contributed by atoms with Gasteiger partial charge in [0, 0.05) is 31.2 Å². The molecule has 0 bridgehead atoms. The van der Waals surface area contributed by atoms with E-state index in [0.29, 0.717) is 41.8 Å². The Hall–Kier alpha value is -1.30. The van der Waals surface area contributed by atoms with Crippen LogP contribution in [0.5, 0.6) is 0 Å². The van der Waals surface area contributed by atoms with Gasteiger partial charge in [-0.1, -0.05) is 11.6 Å². The SMILES string of the molecule is Nc1cc(NC(=O)CCCOCC2CCOC2)ccc1Cl. The van der Waals surface area contributed by atoms with Gasteiger partial charge in [0.2, 0.25) is 5.91 Å². The Balaban J connectivity index is 1.59. The molecule has 0 radical (unpaired) electrons. The van der Waals surface area contributed by atoms with Crippen molar-refractivity contribution in [1.82, 2.24) is 0 Å². The van der Waals surface area contributed by atoms with E-state index in [4.69, 9.17) is 26.8 Å². The molecule has 0 spiro atoms. The normalized spacial score (nSPS) is 17.9. The molecule has 0 saturated carbocycles. The molecule has 1 amide bonds. The Morgan fingerprint density at radius 2 is 2.38 bits per heavy atom. The maximum Gasteiger partial charge on any atom is 0.224 e. The highest BCUT2D eigenvalue weighted by Crippen LogP contribution is 2.22. The van der Waals surface area contributed by atoms with Gasteiger partial charge in [-0.2, -0.15) is 0 Å². The number of hydrogen-bond acceptors (Lipinski definition) is 4. The van der Waals surface area contributed by atoms with Crippen LogP contribution in [-0.4, -0.2) is 32.3 Å². The molecule has 21 heavy (non-hydrogen) atoms. The molecule has 1 atom stereocenters. The van der Waals surface area contributed by atoms with Crippen molar-refractivity contribution in [3.8, 4) is 0 Å². The van der Waals surface area contributed by atoms with Crippen LogP contribution in [0.2, 0.25) is 5.02 Å². The number of anilines is 2. The minimum Gasteiger partial charge on any atom is -0.397 e. The Morgan fingerprint density at radius 1 is 1.52 bits per heavy atom. The van der Waals surface area contributed by atoms with Crippen LogP contribution in [0, 0.1) is 5.92 Å². The van der Waals surface area contributed by atoms with E-state index in [9.17, 15) is 4.79 Å². The van der Waals surface area contributed by atoms with Gasteiger partial charge >= 0.3 is 0 Å². The van der Waals surface area contributed by atoms with E-state index >= 15 is 0 Å². The summed E-state index contributed by atoms with van der Waals surface area (Å²) in [5.41, 5.74) is 6.80. The first-order chi connectivity index (χ1) is 10.1. The summed E-state index contributed by atoms with van der Waals surface area (Å²) >= 11 is 5.83. The van der Waals surface area contributed by atoms with Crippen molar-refractivity contribution in [2.75, 3.05) is 37.5 Å². The average molecular weight is 313 g/mol. The summed E-state index contributed by atoms with van der Waals surface area (Å²) in [5.74, 6) is 0.459. The number of carbonyl (C=O) groups excluding carboxylic acids is 1. The first kappa shape index (κ1) is 16.1. The van der Waals surface area contributed by atoms with Gasteiger partial charge in [-0.3, -0.25) is 4.79 Å². The second-order valence-corrected chi connectivity index (χ2v) is 5.60. The van der Waals surface area contributed by atoms with Gasteiger partial charge in [0.15, 0.2) is 0 Å². The first-order valence-corrected chi connectivity index (χ1v) is 7.53. The summed E-state index contributed by atoms with van der Waals surface area (Å²) in [4.78, 5) is 11.8. The molecule has 2 rings (SSSR count). The molecular formula is C15H21ClN2O3. The fourth-order valence-corrected chi connectivity index (χ4v) is 2.26. The topological polar surface area (TPSA) is 73.6 Å². The number of nitrogens with two attached hydrogens (primary N) is 1. The molecule has 116 valence electrons. The molecule has 1 aromatic carbocycles. The van der Waals surface area contributed by atoms with E-state index in [1.165, 1.54) is 0 Å². The summed E-state index contributed by atoms with van der Waals surface area (Å²) in [6.45, 7) is 2.93. The lowest BCUT2D eigenvalue weighted by Gasteiger charge is -2.09. The lowest BCUT2D eigenvalue weighted by atomic mass is 10.1. The van der Waals surface area contributed by atoms with Gasteiger partial charge in [-0.05, 0) is 31.0 Å². The Morgan fingerprint density at radius 3 is 3.10 bits per heavy atom. The van der Waals surface area contributed by atoms with Gasteiger partial charge in [0.25, 0.3) is 0 Å². The summed E-state index contributed by atoms with van der Waals surface area (Å²) < 4.78 is 10.8. The highest BCUT2D eigenvalue weighted by molar-refractivity contribution is 6.33. The van der Waals surface area contributed by atoms with E-state index in [-0.39, 0.29) is 5.91 Å². The van der Waals surface area contributed by atoms with Crippen LogP contribution in [0.1, 0.15) is 19.3 Å². The monoisotopic (exact) mass is 312 g/mol. The maximum atomic E-state index is 11.8. The lowest BCUT2D eigenvalue weighted by molar-refractivity contribution is -0.116. The minimum atomic E-state index is -0.0514. The van der Waals surface area contributed by atoms with Crippen LogP contribution in [-0.2, 0) is 14.3 Å². The molecule has 5 nitrogen and oxygen atoms in total. The number of amides is 1. The molecule has 1 unspecified atom stereocenters. The summed E-state index contributed by atoms with van der Waals surface area (Å²) in [7, 11) is 0.